The van der Waals surface area contributed by atoms with Gasteiger partial charge in [-0.05, 0) is 18.8 Å². The van der Waals surface area contributed by atoms with Gasteiger partial charge in [-0.2, -0.15) is 0 Å². The molecule has 1 saturated carbocycles. The molecular weight excluding hydrogens is 276 g/mol. The van der Waals surface area contributed by atoms with Gasteiger partial charge in [-0.25, -0.2) is 0 Å². The Kier molecular flexibility index (Phi) is 2.71. The van der Waals surface area contributed by atoms with Gasteiger partial charge in [0.25, 0.3) is 17.7 Å². The van der Waals surface area contributed by atoms with E-state index in [0.29, 0.717) is 12.3 Å². The molecular formula is C14H16N2O5. The predicted molar refractivity (Wildman–Crippen MR) is 68.4 cm³/mol. The molecule has 112 valence electrons. The maximum atomic E-state index is 12.1. The van der Waals surface area contributed by atoms with Gasteiger partial charge in [0.1, 0.15) is 6.54 Å². The van der Waals surface area contributed by atoms with Gasteiger partial charge in [0, 0.05) is 25.0 Å². The van der Waals surface area contributed by atoms with Crippen molar-refractivity contribution in [3.05, 3.63) is 12.2 Å². The van der Waals surface area contributed by atoms with Crippen molar-refractivity contribution in [2.45, 2.75) is 43.8 Å². The standard InChI is InChI=1S/C14H16N2O5/c17-11(7-16-12(18)1-2-13(16)19)15-14-6-8-3-9(20-14)5-10(4-8)21-14/h1-2,8-10H,3-7H2,(H,15,17)/t8?,9-,10+,14?. The molecule has 5 rings (SSSR count). The molecule has 21 heavy (non-hydrogen) atoms. The highest BCUT2D eigenvalue weighted by molar-refractivity contribution is 6.14. The molecule has 7 heteroatoms. The van der Waals surface area contributed by atoms with Gasteiger partial charge in [-0.1, -0.05) is 0 Å². The Bertz CT molecular complexity index is 502. The first-order valence-electron chi connectivity index (χ1n) is 7.23. The Morgan fingerprint density at radius 1 is 1.19 bits per heavy atom. The minimum absolute atomic E-state index is 0.133. The molecule has 0 aromatic heterocycles. The lowest BCUT2D eigenvalue weighted by Gasteiger charge is -2.55. The van der Waals surface area contributed by atoms with Gasteiger partial charge in [0.2, 0.25) is 5.91 Å². The molecule has 3 saturated heterocycles. The van der Waals surface area contributed by atoms with Crippen molar-refractivity contribution in [1.82, 2.24) is 10.2 Å². The molecule has 4 aliphatic heterocycles. The van der Waals surface area contributed by atoms with Crippen LogP contribution in [0.1, 0.15) is 25.7 Å². The van der Waals surface area contributed by atoms with Crippen molar-refractivity contribution in [2.75, 3.05) is 6.54 Å². The molecule has 2 unspecified atom stereocenters. The molecule has 0 aromatic carbocycles. The van der Waals surface area contributed by atoms with Crippen LogP contribution in [0.3, 0.4) is 0 Å². The fourth-order valence-electron chi connectivity index (χ4n) is 3.82. The third-order valence-corrected chi connectivity index (χ3v) is 4.52. The van der Waals surface area contributed by atoms with Crippen molar-refractivity contribution in [3.8, 4) is 0 Å². The Balaban J connectivity index is 1.43. The van der Waals surface area contributed by atoms with E-state index in [-0.39, 0.29) is 18.8 Å². The molecule has 4 heterocycles. The number of amides is 3. The topological polar surface area (TPSA) is 84.9 Å². The average molecular weight is 292 g/mol. The van der Waals surface area contributed by atoms with Gasteiger partial charge in [-0.3, -0.25) is 19.3 Å². The average Bonchev–Trinajstić information content (AvgIpc) is 2.68. The molecule has 3 amide bonds. The van der Waals surface area contributed by atoms with Gasteiger partial charge >= 0.3 is 0 Å². The second-order valence-electron chi connectivity index (χ2n) is 6.15. The van der Waals surface area contributed by atoms with Crippen molar-refractivity contribution in [3.63, 3.8) is 0 Å². The van der Waals surface area contributed by atoms with Gasteiger partial charge in [0.05, 0.1) is 12.2 Å². The van der Waals surface area contributed by atoms with Crippen LogP contribution in [0.25, 0.3) is 0 Å². The third-order valence-electron chi connectivity index (χ3n) is 4.52. The zero-order valence-electron chi connectivity index (χ0n) is 11.4. The second kappa shape index (κ2) is 4.38. The van der Waals surface area contributed by atoms with Gasteiger partial charge in [-0.15, -0.1) is 0 Å². The zero-order valence-corrected chi connectivity index (χ0v) is 11.4. The van der Waals surface area contributed by atoms with Gasteiger partial charge < -0.3 is 14.8 Å². The van der Waals surface area contributed by atoms with E-state index in [1.54, 1.807) is 0 Å². The summed E-state index contributed by atoms with van der Waals surface area (Å²) in [6.07, 6.45) is 6.13. The van der Waals surface area contributed by atoms with Crippen LogP contribution < -0.4 is 5.32 Å². The van der Waals surface area contributed by atoms with E-state index in [0.717, 1.165) is 36.3 Å². The van der Waals surface area contributed by atoms with E-state index in [1.807, 2.05) is 0 Å². The maximum absolute atomic E-state index is 12.1. The Hall–Kier alpha value is -1.73. The number of rotatable bonds is 3. The number of ether oxygens (including phenoxy) is 2. The first-order chi connectivity index (χ1) is 10.0. The molecule has 4 bridgehead atoms. The maximum Gasteiger partial charge on any atom is 0.254 e. The quantitative estimate of drug-likeness (QED) is 0.720. The minimum atomic E-state index is -1.06. The fourth-order valence-corrected chi connectivity index (χ4v) is 3.82. The second-order valence-corrected chi connectivity index (χ2v) is 6.15. The number of nitrogens with one attached hydrogen (secondary N) is 1. The zero-order chi connectivity index (χ0) is 14.6. The van der Waals surface area contributed by atoms with Crippen LogP contribution in [0.5, 0.6) is 0 Å². The van der Waals surface area contributed by atoms with Crippen LogP contribution in [0.4, 0.5) is 0 Å². The molecule has 0 spiro atoms. The van der Waals surface area contributed by atoms with E-state index in [2.05, 4.69) is 5.32 Å². The minimum Gasteiger partial charge on any atom is -0.329 e. The number of hydrogen-bond acceptors (Lipinski definition) is 5. The Morgan fingerprint density at radius 2 is 1.81 bits per heavy atom. The summed E-state index contributed by atoms with van der Waals surface area (Å²) < 4.78 is 11.7. The molecule has 7 nitrogen and oxygen atoms in total. The van der Waals surface area contributed by atoms with Crippen LogP contribution in [0.15, 0.2) is 12.2 Å². The monoisotopic (exact) mass is 292 g/mol. The fraction of sp³-hybridized carbons (Fsp3) is 0.643. The van der Waals surface area contributed by atoms with Crippen molar-refractivity contribution in [1.29, 1.82) is 0 Å². The van der Waals surface area contributed by atoms with E-state index in [9.17, 15) is 14.4 Å². The lowest BCUT2D eigenvalue weighted by atomic mass is 9.77. The van der Waals surface area contributed by atoms with Crippen molar-refractivity contribution < 1.29 is 23.9 Å². The lowest BCUT2D eigenvalue weighted by Crippen LogP contribution is -2.67. The normalized spacial score (nSPS) is 40.2. The van der Waals surface area contributed by atoms with Crippen LogP contribution in [-0.4, -0.2) is 47.3 Å². The summed E-state index contributed by atoms with van der Waals surface area (Å²) in [4.78, 5) is 35.9. The van der Waals surface area contributed by atoms with Gasteiger partial charge in [0.15, 0.2) is 0 Å². The summed E-state index contributed by atoms with van der Waals surface area (Å²) in [5.41, 5.74) is 0. The molecule has 4 fully saturated rings. The SMILES string of the molecule is O=C(CN1C(=O)C=CC1=O)NC12CC3C[C@H](C[C@H](C3)O1)O2. The highest BCUT2D eigenvalue weighted by Crippen LogP contribution is 2.47. The molecule has 1 aliphatic carbocycles. The number of imide groups is 1. The van der Waals surface area contributed by atoms with Crippen LogP contribution >= 0.6 is 0 Å². The highest BCUT2D eigenvalue weighted by atomic mass is 16.7. The molecule has 4 atom stereocenters. The number of nitrogens with zero attached hydrogens (tertiary/aromatic N) is 1. The summed E-state index contributed by atoms with van der Waals surface area (Å²) in [6, 6.07) is 0. The van der Waals surface area contributed by atoms with Crippen LogP contribution in [-0.2, 0) is 23.9 Å². The summed E-state index contributed by atoms with van der Waals surface area (Å²) >= 11 is 0. The summed E-state index contributed by atoms with van der Waals surface area (Å²) in [7, 11) is 0. The summed E-state index contributed by atoms with van der Waals surface area (Å²) in [6.45, 7) is -0.306. The molecule has 5 aliphatic rings. The van der Waals surface area contributed by atoms with E-state index >= 15 is 0 Å². The van der Waals surface area contributed by atoms with E-state index in [4.69, 9.17) is 9.47 Å². The highest BCUT2D eigenvalue weighted by Gasteiger charge is 2.54. The summed E-state index contributed by atoms with van der Waals surface area (Å²) in [5.74, 6) is -1.94. The van der Waals surface area contributed by atoms with Crippen LogP contribution in [0, 0.1) is 5.92 Å². The number of carbonyl (C=O) groups is 3. The molecule has 0 radical (unpaired) electrons. The van der Waals surface area contributed by atoms with E-state index in [1.165, 1.54) is 0 Å². The predicted octanol–water partition coefficient (Wildman–Crippen LogP) is -0.331. The molecule has 1 N–H and O–H groups in total. The van der Waals surface area contributed by atoms with Crippen molar-refractivity contribution >= 4 is 17.7 Å². The number of carbonyl (C=O) groups excluding carboxylic acids is 3. The summed E-state index contributed by atoms with van der Waals surface area (Å²) in [5, 5.41) is 2.74. The first kappa shape index (κ1) is 13.0. The third kappa shape index (κ3) is 2.16. The largest absolute Gasteiger partial charge is 0.329 e. The smallest absolute Gasteiger partial charge is 0.254 e. The lowest BCUT2D eigenvalue weighted by molar-refractivity contribution is -0.379. The number of hydrogen-bond donors (Lipinski definition) is 1. The Labute approximate surface area is 121 Å². The first-order valence-corrected chi connectivity index (χ1v) is 7.23. The Morgan fingerprint density at radius 3 is 2.38 bits per heavy atom. The molecule has 0 aromatic rings. The van der Waals surface area contributed by atoms with Crippen molar-refractivity contribution in [2.24, 2.45) is 5.92 Å². The van der Waals surface area contributed by atoms with Crippen LogP contribution in [0.2, 0.25) is 0 Å². The van der Waals surface area contributed by atoms with E-state index < -0.39 is 23.6 Å².